The summed E-state index contributed by atoms with van der Waals surface area (Å²) in [6.07, 6.45) is 1.59. The number of primary amides is 1. The molecule has 0 unspecified atom stereocenters. The number of hydrogen-bond acceptors (Lipinski definition) is 7. The smallest absolute Gasteiger partial charge is 0.341 e. The van der Waals surface area contributed by atoms with E-state index in [0.717, 1.165) is 22.5 Å². The van der Waals surface area contributed by atoms with Crippen LogP contribution in [0.1, 0.15) is 54.1 Å². The van der Waals surface area contributed by atoms with Crippen LogP contribution < -0.4 is 15.8 Å². The lowest BCUT2D eigenvalue weighted by Crippen LogP contribution is -2.16. The Hall–Kier alpha value is -3.37. The summed E-state index contributed by atoms with van der Waals surface area (Å²) in [6, 6.07) is 5.15. The van der Waals surface area contributed by atoms with Crippen molar-refractivity contribution in [2.45, 2.75) is 34.4 Å². The highest BCUT2D eigenvalue weighted by Crippen LogP contribution is 2.34. The Morgan fingerprint density at radius 2 is 1.88 bits per heavy atom. The number of halogens is 1. The van der Waals surface area contributed by atoms with Crippen LogP contribution in [0.5, 0.6) is 5.75 Å². The number of benzene rings is 1. The summed E-state index contributed by atoms with van der Waals surface area (Å²) < 4.78 is 12.2. The maximum Gasteiger partial charge on any atom is 0.341 e. The van der Waals surface area contributed by atoms with Gasteiger partial charge in [0.05, 0.1) is 17.0 Å². The first kappa shape index (κ1) is 24.3. The van der Waals surface area contributed by atoms with Gasteiger partial charge in [0.2, 0.25) is 0 Å². The Bertz CT molecular complexity index is 1210. The van der Waals surface area contributed by atoms with Crippen molar-refractivity contribution >= 4 is 45.7 Å². The minimum atomic E-state index is -0.697. The van der Waals surface area contributed by atoms with E-state index in [0.29, 0.717) is 16.3 Å². The van der Waals surface area contributed by atoms with Crippen molar-refractivity contribution in [3.8, 4) is 5.75 Å². The molecule has 174 valence electrons. The molecule has 0 radical (unpaired) electrons. The maximum absolute atomic E-state index is 12.7. The molecule has 33 heavy (non-hydrogen) atoms. The number of rotatable bonds is 8. The van der Waals surface area contributed by atoms with Gasteiger partial charge in [0.15, 0.2) is 12.4 Å². The summed E-state index contributed by atoms with van der Waals surface area (Å²) in [6.45, 7) is 7.23. The second kappa shape index (κ2) is 10.1. The first-order valence-corrected chi connectivity index (χ1v) is 11.2. The molecule has 0 aliphatic rings. The van der Waals surface area contributed by atoms with E-state index in [4.69, 9.17) is 26.8 Å². The number of carbonyl (C=O) groups excluding carboxylic acids is 3. The molecule has 3 rings (SSSR count). The Morgan fingerprint density at radius 1 is 1.21 bits per heavy atom. The lowest BCUT2D eigenvalue weighted by Gasteiger charge is -2.10. The Labute approximate surface area is 199 Å². The molecule has 0 saturated heterocycles. The third-order valence-electron chi connectivity index (χ3n) is 4.72. The van der Waals surface area contributed by atoms with E-state index in [-0.39, 0.29) is 34.5 Å². The largest absolute Gasteiger partial charge is 0.471 e. The summed E-state index contributed by atoms with van der Waals surface area (Å²) in [4.78, 5) is 37.0. The highest BCUT2D eigenvalue weighted by molar-refractivity contribution is 7.18. The number of nitrogens with one attached hydrogen (secondary N) is 1. The zero-order valence-corrected chi connectivity index (χ0v) is 20.1. The Balaban J connectivity index is 1.75. The number of hydrogen-bond donors (Lipinski definition) is 2. The van der Waals surface area contributed by atoms with Crippen LogP contribution in [-0.2, 0) is 11.5 Å². The molecule has 0 saturated carbocycles. The summed E-state index contributed by atoms with van der Waals surface area (Å²) in [5.41, 5.74) is 7.74. The molecule has 9 nitrogen and oxygen atoms in total. The number of ether oxygens (including phenoxy) is 2. The molecule has 0 atom stereocenters. The first-order chi connectivity index (χ1) is 15.6. The van der Waals surface area contributed by atoms with Gasteiger partial charge in [0.1, 0.15) is 10.8 Å². The van der Waals surface area contributed by atoms with Gasteiger partial charge in [0, 0.05) is 11.2 Å². The molecule has 0 bridgehead atoms. The van der Waals surface area contributed by atoms with Gasteiger partial charge in [0.25, 0.3) is 11.8 Å². The van der Waals surface area contributed by atoms with Crippen LogP contribution in [0.3, 0.4) is 0 Å². The van der Waals surface area contributed by atoms with Crippen molar-refractivity contribution in [3.05, 3.63) is 62.2 Å². The average molecular weight is 491 g/mol. The molecule has 2 amide bonds. The van der Waals surface area contributed by atoms with E-state index in [1.807, 2.05) is 26.0 Å². The predicted molar refractivity (Wildman–Crippen MR) is 125 cm³/mol. The Morgan fingerprint density at radius 3 is 2.48 bits per heavy atom. The van der Waals surface area contributed by atoms with Crippen molar-refractivity contribution in [2.24, 2.45) is 5.73 Å². The van der Waals surface area contributed by atoms with Crippen molar-refractivity contribution in [1.82, 2.24) is 9.78 Å². The van der Waals surface area contributed by atoms with E-state index in [2.05, 4.69) is 10.4 Å². The predicted octanol–water partition coefficient (Wildman–Crippen LogP) is 4.09. The molecule has 0 aliphatic heterocycles. The third-order valence-corrected chi connectivity index (χ3v) is 6.54. The number of amides is 2. The monoisotopic (exact) mass is 490 g/mol. The Kier molecular flexibility index (Phi) is 7.39. The van der Waals surface area contributed by atoms with Gasteiger partial charge in [-0.25, -0.2) is 9.48 Å². The molecule has 0 aliphatic carbocycles. The standard InChI is InChI=1S/C22H23ClN4O5S/c1-5-31-22(30)16-13(4)18(19(24)28)33-21(16)25-20(29)15-6-7-27(26-15)10-32-14-8-11(2)17(23)12(3)9-14/h6-9H,5,10H2,1-4H3,(H2,24,28)(H,25,29). The first-order valence-electron chi connectivity index (χ1n) is 9.97. The molecule has 0 spiro atoms. The zero-order valence-electron chi connectivity index (χ0n) is 18.5. The van der Waals surface area contributed by atoms with Crippen LogP contribution >= 0.6 is 22.9 Å². The zero-order chi connectivity index (χ0) is 24.3. The lowest BCUT2D eigenvalue weighted by molar-refractivity contribution is 0.0527. The molecule has 2 heterocycles. The average Bonchev–Trinajstić information content (AvgIpc) is 3.35. The minimum absolute atomic E-state index is 0.0752. The number of nitrogens with two attached hydrogens (primary N) is 1. The summed E-state index contributed by atoms with van der Waals surface area (Å²) in [5.74, 6) is -1.28. The highest BCUT2D eigenvalue weighted by Gasteiger charge is 2.26. The molecule has 1 aromatic carbocycles. The van der Waals surface area contributed by atoms with E-state index >= 15 is 0 Å². The number of aryl methyl sites for hydroxylation is 2. The highest BCUT2D eigenvalue weighted by atomic mass is 35.5. The van der Waals surface area contributed by atoms with Gasteiger partial charge in [-0.1, -0.05) is 11.6 Å². The van der Waals surface area contributed by atoms with Crippen LogP contribution in [0.15, 0.2) is 24.4 Å². The van der Waals surface area contributed by atoms with Crippen LogP contribution in [-0.4, -0.2) is 34.2 Å². The second-order valence-electron chi connectivity index (χ2n) is 7.18. The maximum atomic E-state index is 12.7. The fraction of sp³-hybridized carbons (Fsp3) is 0.273. The number of nitrogens with zero attached hydrogens (tertiary/aromatic N) is 2. The van der Waals surface area contributed by atoms with E-state index < -0.39 is 17.8 Å². The van der Waals surface area contributed by atoms with Gasteiger partial charge in [-0.3, -0.25) is 9.59 Å². The van der Waals surface area contributed by atoms with Crippen molar-refractivity contribution in [3.63, 3.8) is 0 Å². The van der Waals surface area contributed by atoms with Crippen LogP contribution in [0, 0.1) is 20.8 Å². The fourth-order valence-corrected chi connectivity index (χ4v) is 4.29. The number of thiophene rings is 1. The SMILES string of the molecule is CCOC(=O)c1c(NC(=O)c2ccn(COc3cc(C)c(Cl)c(C)c3)n2)sc(C(N)=O)c1C. The lowest BCUT2D eigenvalue weighted by atomic mass is 10.1. The molecule has 3 aromatic rings. The van der Waals surface area contributed by atoms with Gasteiger partial charge >= 0.3 is 5.97 Å². The van der Waals surface area contributed by atoms with Crippen molar-refractivity contribution < 1.29 is 23.9 Å². The van der Waals surface area contributed by atoms with Crippen LogP contribution in [0.2, 0.25) is 5.02 Å². The number of anilines is 1. The van der Waals surface area contributed by atoms with E-state index in [9.17, 15) is 14.4 Å². The van der Waals surface area contributed by atoms with Crippen molar-refractivity contribution in [2.75, 3.05) is 11.9 Å². The molecular weight excluding hydrogens is 468 g/mol. The molecular formula is C22H23ClN4O5S. The molecule has 3 N–H and O–H groups in total. The van der Waals surface area contributed by atoms with E-state index in [1.165, 1.54) is 10.7 Å². The summed E-state index contributed by atoms with van der Waals surface area (Å²) >= 11 is 7.09. The molecule has 2 aromatic heterocycles. The minimum Gasteiger partial charge on any atom is -0.471 e. The van der Waals surface area contributed by atoms with Gasteiger partial charge < -0.3 is 20.5 Å². The molecule has 11 heteroatoms. The topological polar surface area (TPSA) is 126 Å². The van der Waals surface area contributed by atoms with Crippen LogP contribution in [0.25, 0.3) is 0 Å². The third kappa shape index (κ3) is 5.35. The molecule has 0 fully saturated rings. The van der Waals surface area contributed by atoms with Gasteiger partial charge in [-0.15, -0.1) is 11.3 Å². The van der Waals surface area contributed by atoms with Gasteiger partial charge in [-0.2, -0.15) is 5.10 Å². The normalized spacial score (nSPS) is 10.7. The number of carbonyl (C=O) groups is 3. The second-order valence-corrected chi connectivity index (χ2v) is 8.58. The van der Waals surface area contributed by atoms with E-state index in [1.54, 1.807) is 20.0 Å². The van der Waals surface area contributed by atoms with Crippen LogP contribution in [0.4, 0.5) is 5.00 Å². The van der Waals surface area contributed by atoms with Crippen molar-refractivity contribution in [1.29, 1.82) is 0 Å². The summed E-state index contributed by atoms with van der Waals surface area (Å²) in [7, 11) is 0. The van der Waals surface area contributed by atoms with Gasteiger partial charge in [-0.05, 0) is 62.6 Å². The number of esters is 1. The quantitative estimate of drug-likeness (QED) is 0.458. The fourth-order valence-electron chi connectivity index (χ4n) is 3.14. The summed E-state index contributed by atoms with van der Waals surface area (Å²) in [5, 5.41) is 7.69. The number of aromatic nitrogens is 2.